The zero-order chi connectivity index (χ0) is 15.9. The maximum absolute atomic E-state index is 11.4. The van der Waals surface area contributed by atoms with Gasteiger partial charge in [-0.1, -0.05) is 25.5 Å². The van der Waals surface area contributed by atoms with Gasteiger partial charge in [-0.3, -0.25) is 4.79 Å². The predicted molar refractivity (Wildman–Crippen MR) is 89.9 cm³/mol. The molecule has 1 N–H and O–H groups in total. The van der Waals surface area contributed by atoms with Crippen molar-refractivity contribution < 1.29 is 4.79 Å². The first-order valence-corrected chi connectivity index (χ1v) is 7.52. The van der Waals surface area contributed by atoms with Crippen LogP contribution in [0.3, 0.4) is 0 Å². The molecule has 0 bridgehead atoms. The van der Waals surface area contributed by atoms with Crippen LogP contribution < -0.4 is 10.2 Å². The number of carbonyl (C=O) groups excluding carboxylic acids is 1. The number of benzene rings is 1. The molecule has 2 rings (SSSR count). The van der Waals surface area contributed by atoms with Gasteiger partial charge in [-0.2, -0.15) is 4.98 Å². The summed E-state index contributed by atoms with van der Waals surface area (Å²) < 4.78 is 0. The van der Waals surface area contributed by atoms with Gasteiger partial charge in [0.1, 0.15) is 5.82 Å². The predicted octanol–water partition coefficient (Wildman–Crippen LogP) is 3.66. The third-order valence-corrected chi connectivity index (χ3v) is 3.40. The summed E-state index contributed by atoms with van der Waals surface area (Å²) in [5.41, 5.74) is 1.47. The van der Waals surface area contributed by atoms with Crippen LogP contribution in [0.25, 0.3) is 0 Å². The standard InChI is InChI=1S/C17H22N4O/c1-4-5-11-21(3)16-9-10-18-17(20-16)19-15-8-6-7-14(12-15)13(2)22/h6-10,12H,4-5,11H2,1-3H3,(H,18,19,20). The van der Waals surface area contributed by atoms with Crippen LogP contribution in [0.15, 0.2) is 36.5 Å². The molecule has 0 saturated heterocycles. The number of rotatable bonds is 7. The van der Waals surface area contributed by atoms with E-state index in [2.05, 4.69) is 27.1 Å². The van der Waals surface area contributed by atoms with Crippen molar-refractivity contribution >= 4 is 23.2 Å². The highest BCUT2D eigenvalue weighted by atomic mass is 16.1. The second kappa shape index (κ2) is 7.54. The average Bonchev–Trinajstić information content (AvgIpc) is 2.53. The van der Waals surface area contributed by atoms with Crippen LogP contribution >= 0.6 is 0 Å². The minimum absolute atomic E-state index is 0.0395. The highest BCUT2D eigenvalue weighted by Crippen LogP contribution is 2.17. The van der Waals surface area contributed by atoms with E-state index >= 15 is 0 Å². The number of nitrogens with zero attached hydrogens (tertiary/aromatic N) is 3. The molecule has 5 heteroatoms. The van der Waals surface area contributed by atoms with Crippen molar-refractivity contribution in [2.24, 2.45) is 0 Å². The monoisotopic (exact) mass is 298 g/mol. The number of unbranched alkanes of at least 4 members (excludes halogenated alkanes) is 1. The summed E-state index contributed by atoms with van der Waals surface area (Å²) in [6, 6.07) is 9.23. The van der Waals surface area contributed by atoms with Crippen molar-refractivity contribution in [1.82, 2.24) is 9.97 Å². The summed E-state index contributed by atoms with van der Waals surface area (Å²) in [7, 11) is 2.03. The number of aromatic nitrogens is 2. The first-order valence-electron chi connectivity index (χ1n) is 7.52. The Hall–Kier alpha value is -2.43. The van der Waals surface area contributed by atoms with Gasteiger partial charge >= 0.3 is 0 Å². The van der Waals surface area contributed by atoms with Crippen LogP contribution in [0.5, 0.6) is 0 Å². The van der Waals surface area contributed by atoms with E-state index in [1.807, 2.05) is 25.2 Å². The lowest BCUT2D eigenvalue weighted by Crippen LogP contribution is -2.19. The summed E-state index contributed by atoms with van der Waals surface area (Å²) in [6.07, 6.45) is 4.02. The third-order valence-electron chi connectivity index (χ3n) is 3.40. The molecule has 1 aromatic carbocycles. The van der Waals surface area contributed by atoms with Crippen molar-refractivity contribution in [3.63, 3.8) is 0 Å². The summed E-state index contributed by atoms with van der Waals surface area (Å²) in [5, 5.41) is 3.15. The van der Waals surface area contributed by atoms with E-state index in [1.165, 1.54) is 0 Å². The maximum atomic E-state index is 11.4. The first kappa shape index (κ1) is 15.9. The zero-order valence-electron chi connectivity index (χ0n) is 13.3. The molecular formula is C17H22N4O. The van der Waals surface area contributed by atoms with Crippen LogP contribution in [0, 0.1) is 0 Å². The van der Waals surface area contributed by atoms with Gasteiger partial charge in [0.2, 0.25) is 5.95 Å². The summed E-state index contributed by atoms with van der Waals surface area (Å²) in [4.78, 5) is 22.3. The lowest BCUT2D eigenvalue weighted by molar-refractivity contribution is 0.101. The van der Waals surface area contributed by atoms with Crippen molar-refractivity contribution in [2.45, 2.75) is 26.7 Å². The van der Waals surface area contributed by atoms with E-state index in [0.717, 1.165) is 30.9 Å². The van der Waals surface area contributed by atoms with Crippen molar-refractivity contribution in [3.05, 3.63) is 42.1 Å². The minimum Gasteiger partial charge on any atom is -0.360 e. The number of nitrogens with one attached hydrogen (secondary N) is 1. The van der Waals surface area contributed by atoms with E-state index in [0.29, 0.717) is 11.5 Å². The first-order chi connectivity index (χ1) is 10.6. The fourth-order valence-corrected chi connectivity index (χ4v) is 2.08. The van der Waals surface area contributed by atoms with E-state index < -0.39 is 0 Å². The quantitative estimate of drug-likeness (QED) is 0.791. The van der Waals surface area contributed by atoms with E-state index in [-0.39, 0.29) is 5.78 Å². The van der Waals surface area contributed by atoms with E-state index in [4.69, 9.17) is 0 Å². The van der Waals surface area contributed by atoms with Crippen molar-refractivity contribution in [2.75, 3.05) is 23.8 Å². The normalized spacial score (nSPS) is 10.3. The fraction of sp³-hybridized carbons (Fsp3) is 0.353. The molecule has 0 spiro atoms. The Morgan fingerprint density at radius 2 is 2.14 bits per heavy atom. The van der Waals surface area contributed by atoms with Gasteiger partial charge in [-0.15, -0.1) is 0 Å². The zero-order valence-corrected chi connectivity index (χ0v) is 13.3. The largest absolute Gasteiger partial charge is 0.360 e. The SMILES string of the molecule is CCCCN(C)c1ccnc(Nc2cccc(C(C)=O)c2)n1. The lowest BCUT2D eigenvalue weighted by atomic mass is 10.1. The van der Waals surface area contributed by atoms with Crippen molar-refractivity contribution in [1.29, 1.82) is 0 Å². The molecule has 0 saturated carbocycles. The molecule has 2 aromatic rings. The third kappa shape index (κ3) is 4.28. The highest BCUT2D eigenvalue weighted by Gasteiger charge is 2.06. The second-order valence-electron chi connectivity index (χ2n) is 5.28. The number of hydrogen-bond donors (Lipinski definition) is 1. The molecule has 1 heterocycles. The maximum Gasteiger partial charge on any atom is 0.229 e. The summed E-state index contributed by atoms with van der Waals surface area (Å²) >= 11 is 0. The Labute approximate surface area is 131 Å². The Balaban J connectivity index is 2.13. The van der Waals surface area contributed by atoms with Gasteiger partial charge in [-0.25, -0.2) is 4.98 Å². The Kier molecular flexibility index (Phi) is 5.47. The summed E-state index contributed by atoms with van der Waals surface area (Å²) in [5.74, 6) is 1.45. The Bertz CT molecular complexity index is 642. The molecule has 22 heavy (non-hydrogen) atoms. The van der Waals surface area contributed by atoms with Gasteiger partial charge in [0.25, 0.3) is 0 Å². The summed E-state index contributed by atoms with van der Waals surface area (Å²) in [6.45, 7) is 4.69. The van der Waals surface area contributed by atoms with Crippen molar-refractivity contribution in [3.8, 4) is 0 Å². The number of anilines is 3. The molecule has 0 atom stereocenters. The Morgan fingerprint density at radius 3 is 2.86 bits per heavy atom. The van der Waals surface area contributed by atoms with Gasteiger partial charge in [0.05, 0.1) is 0 Å². The molecule has 0 aliphatic heterocycles. The molecule has 1 aromatic heterocycles. The molecule has 0 amide bonds. The van der Waals surface area contributed by atoms with Crippen LogP contribution in [0.2, 0.25) is 0 Å². The smallest absolute Gasteiger partial charge is 0.229 e. The van der Waals surface area contributed by atoms with Gasteiger partial charge in [0, 0.05) is 31.0 Å². The van der Waals surface area contributed by atoms with Crippen LogP contribution in [-0.2, 0) is 0 Å². The topological polar surface area (TPSA) is 58.1 Å². The molecule has 5 nitrogen and oxygen atoms in total. The number of ketones is 1. The van der Waals surface area contributed by atoms with Gasteiger partial charge < -0.3 is 10.2 Å². The fourth-order valence-electron chi connectivity index (χ4n) is 2.08. The second-order valence-corrected chi connectivity index (χ2v) is 5.28. The molecule has 0 aliphatic carbocycles. The molecule has 0 aliphatic rings. The number of Topliss-reactive ketones (excluding diaryl/α,β-unsaturated/α-hetero) is 1. The van der Waals surface area contributed by atoms with Crippen LogP contribution in [0.4, 0.5) is 17.5 Å². The number of hydrogen-bond acceptors (Lipinski definition) is 5. The van der Waals surface area contributed by atoms with Crippen LogP contribution in [-0.4, -0.2) is 29.3 Å². The highest BCUT2D eigenvalue weighted by molar-refractivity contribution is 5.95. The lowest BCUT2D eigenvalue weighted by Gasteiger charge is -2.18. The molecule has 0 fully saturated rings. The minimum atomic E-state index is 0.0395. The van der Waals surface area contributed by atoms with E-state index in [1.54, 1.807) is 25.3 Å². The van der Waals surface area contributed by atoms with Gasteiger partial charge in [-0.05, 0) is 31.5 Å². The van der Waals surface area contributed by atoms with E-state index in [9.17, 15) is 4.79 Å². The Morgan fingerprint density at radius 1 is 1.32 bits per heavy atom. The molecular weight excluding hydrogens is 276 g/mol. The molecule has 116 valence electrons. The van der Waals surface area contributed by atoms with Gasteiger partial charge in [0.15, 0.2) is 5.78 Å². The molecule has 0 radical (unpaired) electrons. The number of carbonyl (C=O) groups is 1. The average molecular weight is 298 g/mol. The molecule has 0 unspecified atom stereocenters. The van der Waals surface area contributed by atoms with Crippen LogP contribution in [0.1, 0.15) is 37.0 Å².